The number of esters is 1. The van der Waals surface area contributed by atoms with Crippen LogP contribution in [0.1, 0.15) is 31.1 Å². The highest BCUT2D eigenvalue weighted by atomic mass is 32.2. The van der Waals surface area contributed by atoms with Crippen molar-refractivity contribution in [3.63, 3.8) is 0 Å². The number of hydrogen-bond donors (Lipinski definition) is 2. The Bertz CT molecular complexity index is 986. The minimum Gasteiger partial charge on any atom is -0.465 e. The smallest absolute Gasteiger partial charge is 0.337 e. The fraction of sp³-hybridized carbons (Fsp3) is 0.421. The maximum absolute atomic E-state index is 13.0. The molecule has 0 atom stereocenters. The Kier molecular flexibility index (Phi) is 7.77. The molecule has 0 unspecified atom stereocenters. The van der Waals surface area contributed by atoms with E-state index in [2.05, 4.69) is 15.6 Å². The van der Waals surface area contributed by atoms with Gasteiger partial charge in [-0.05, 0) is 31.0 Å². The van der Waals surface area contributed by atoms with Gasteiger partial charge >= 0.3 is 12.0 Å². The van der Waals surface area contributed by atoms with E-state index >= 15 is 0 Å². The summed E-state index contributed by atoms with van der Waals surface area (Å²) in [5.74, 6) is -0.959. The van der Waals surface area contributed by atoms with Crippen molar-refractivity contribution in [2.45, 2.75) is 32.5 Å². The molecule has 10 heteroatoms. The Morgan fingerprint density at radius 3 is 2.62 bits per heavy atom. The molecule has 3 amide bonds. The number of amides is 3. The number of urea groups is 1. The Labute approximate surface area is 172 Å². The molecule has 0 spiro atoms. The molecular weight excluding hydrogens is 396 g/mol. The molecule has 0 aliphatic carbocycles. The number of hydrogen-bond acceptors (Lipinski definition) is 7. The van der Waals surface area contributed by atoms with E-state index in [4.69, 9.17) is 4.74 Å². The maximum Gasteiger partial charge on any atom is 0.337 e. The molecule has 0 aliphatic heterocycles. The Morgan fingerprint density at radius 1 is 1.28 bits per heavy atom. The number of nitrogens with one attached hydrogen (secondary N) is 2. The average Bonchev–Trinajstić information content (AvgIpc) is 2.67. The summed E-state index contributed by atoms with van der Waals surface area (Å²) in [6.07, 6.45) is 0. The largest absolute Gasteiger partial charge is 0.465 e. The molecule has 0 radical (unpaired) electrons. The number of carbonyl (C=O) groups excluding carboxylic acids is 3. The quantitative estimate of drug-likeness (QED) is 0.398. The summed E-state index contributed by atoms with van der Waals surface area (Å²) in [4.78, 5) is 52.7. The molecule has 2 aromatic rings. The van der Waals surface area contributed by atoms with E-state index in [1.165, 1.54) is 23.8 Å². The third-order valence-corrected chi connectivity index (χ3v) is 4.79. The molecule has 1 aromatic heterocycles. The number of fused-ring (bicyclic) bond motifs is 1. The van der Waals surface area contributed by atoms with Crippen molar-refractivity contribution < 1.29 is 19.1 Å². The summed E-state index contributed by atoms with van der Waals surface area (Å²) in [6, 6.07) is 3.97. The molecular formula is C19H24N4O5S. The lowest BCUT2D eigenvalue weighted by atomic mass is 10.1. The van der Waals surface area contributed by atoms with Gasteiger partial charge in [0.05, 0.1) is 29.3 Å². The molecule has 9 nitrogen and oxygen atoms in total. The molecule has 0 saturated heterocycles. The van der Waals surface area contributed by atoms with Gasteiger partial charge in [-0.3, -0.25) is 19.5 Å². The van der Waals surface area contributed by atoms with Gasteiger partial charge in [0.25, 0.3) is 5.56 Å². The second kappa shape index (κ2) is 10.1. The van der Waals surface area contributed by atoms with Crippen LogP contribution in [0.4, 0.5) is 4.79 Å². The van der Waals surface area contributed by atoms with Gasteiger partial charge in [0.15, 0.2) is 5.16 Å². The topological polar surface area (TPSA) is 119 Å². The highest BCUT2D eigenvalue weighted by Crippen LogP contribution is 2.20. The number of ether oxygens (including phenoxy) is 1. The van der Waals surface area contributed by atoms with Gasteiger partial charge in [-0.15, -0.1) is 0 Å². The molecule has 0 saturated carbocycles. The normalized spacial score (nSPS) is 10.8. The minimum absolute atomic E-state index is 0.0934. The van der Waals surface area contributed by atoms with Crippen LogP contribution in [0.15, 0.2) is 28.2 Å². The second-order valence-electron chi connectivity index (χ2n) is 6.62. The monoisotopic (exact) mass is 420 g/mol. The number of carbonyl (C=O) groups is 3. The number of imide groups is 1. The van der Waals surface area contributed by atoms with Crippen molar-refractivity contribution in [3.05, 3.63) is 34.1 Å². The van der Waals surface area contributed by atoms with Crippen LogP contribution in [-0.2, 0) is 16.1 Å². The van der Waals surface area contributed by atoms with Gasteiger partial charge in [0, 0.05) is 13.1 Å². The molecule has 1 aromatic carbocycles. The fourth-order valence-corrected chi connectivity index (χ4v) is 3.39. The van der Waals surface area contributed by atoms with E-state index in [-0.39, 0.29) is 22.8 Å². The van der Waals surface area contributed by atoms with E-state index in [1.54, 1.807) is 13.0 Å². The van der Waals surface area contributed by atoms with Crippen LogP contribution >= 0.6 is 11.8 Å². The number of aromatic nitrogens is 2. The van der Waals surface area contributed by atoms with Gasteiger partial charge in [0.1, 0.15) is 0 Å². The lowest BCUT2D eigenvalue weighted by Crippen LogP contribution is -2.40. The molecule has 0 aliphatic rings. The Morgan fingerprint density at radius 2 is 2.00 bits per heavy atom. The van der Waals surface area contributed by atoms with E-state index in [0.29, 0.717) is 29.1 Å². The molecule has 0 fully saturated rings. The van der Waals surface area contributed by atoms with E-state index < -0.39 is 17.9 Å². The van der Waals surface area contributed by atoms with Gasteiger partial charge in [-0.25, -0.2) is 14.6 Å². The first-order chi connectivity index (χ1) is 13.8. The first-order valence-electron chi connectivity index (χ1n) is 9.10. The lowest BCUT2D eigenvalue weighted by Gasteiger charge is -2.15. The summed E-state index contributed by atoms with van der Waals surface area (Å²) in [5, 5.41) is 5.39. The van der Waals surface area contributed by atoms with Crippen molar-refractivity contribution in [1.82, 2.24) is 20.2 Å². The lowest BCUT2D eigenvalue weighted by molar-refractivity contribution is -0.117. The Balaban J connectivity index is 2.39. The van der Waals surface area contributed by atoms with E-state index in [0.717, 1.165) is 11.8 Å². The van der Waals surface area contributed by atoms with Crippen LogP contribution in [-0.4, -0.2) is 46.9 Å². The van der Waals surface area contributed by atoms with Crippen molar-refractivity contribution in [2.75, 3.05) is 19.4 Å². The fourth-order valence-electron chi connectivity index (χ4n) is 2.58. The van der Waals surface area contributed by atoms with Gasteiger partial charge in [-0.2, -0.15) is 0 Å². The highest BCUT2D eigenvalue weighted by molar-refractivity contribution is 7.99. The minimum atomic E-state index is -0.577. The van der Waals surface area contributed by atoms with Crippen LogP contribution in [0.25, 0.3) is 10.9 Å². The molecule has 2 rings (SSSR count). The van der Waals surface area contributed by atoms with Crippen LogP contribution < -0.4 is 16.2 Å². The number of benzene rings is 1. The molecule has 1 heterocycles. The highest BCUT2D eigenvalue weighted by Gasteiger charge is 2.17. The third-order valence-electron chi connectivity index (χ3n) is 3.81. The number of methoxy groups -OCH3 is 1. The van der Waals surface area contributed by atoms with E-state index in [1.807, 2.05) is 13.8 Å². The summed E-state index contributed by atoms with van der Waals surface area (Å²) in [5.41, 5.74) is 0.356. The summed E-state index contributed by atoms with van der Waals surface area (Å²) in [7, 11) is 1.27. The predicted octanol–water partition coefficient (Wildman–Crippen LogP) is 1.78. The van der Waals surface area contributed by atoms with Crippen molar-refractivity contribution >= 4 is 40.6 Å². The molecule has 156 valence electrons. The van der Waals surface area contributed by atoms with Crippen molar-refractivity contribution in [3.8, 4) is 0 Å². The molecule has 2 N–H and O–H groups in total. The number of thioether (sulfide) groups is 1. The van der Waals surface area contributed by atoms with Crippen LogP contribution in [0.2, 0.25) is 0 Å². The van der Waals surface area contributed by atoms with Crippen molar-refractivity contribution in [2.24, 2.45) is 5.92 Å². The zero-order chi connectivity index (χ0) is 21.6. The third kappa shape index (κ3) is 5.80. The van der Waals surface area contributed by atoms with Crippen LogP contribution in [0.3, 0.4) is 0 Å². The Hall–Kier alpha value is -2.88. The first kappa shape index (κ1) is 22.4. The first-order valence-corrected chi connectivity index (χ1v) is 10.1. The summed E-state index contributed by atoms with van der Waals surface area (Å²) < 4.78 is 6.22. The zero-order valence-corrected chi connectivity index (χ0v) is 17.6. The summed E-state index contributed by atoms with van der Waals surface area (Å²) >= 11 is 1.05. The molecule has 0 bridgehead atoms. The van der Waals surface area contributed by atoms with Crippen LogP contribution in [0.5, 0.6) is 0 Å². The van der Waals surface area contributed by atoms with Crippen molar-refractivity contribution in [1.29, 1.82) is 0 Å². The van der Waals surface area contributed by atoms with E-state index in [9.17, 15) is 19.2 Å². The zero-order valence-electron chi connectivity index (χ0n) is 16.8. The SMILES string of the molecule is CCNC(=O)NC(=O)CSc1nc2cc(C(=O)OC)ccc2c(=O)n1CC(C)C. The standard InChI is InChI=1S/C19H24N4O5S/c1-5-20-18(27)22-15(24)10-29-19-21-14-8-12(17(26)28-4)6-7-13(14)16(25)23(19)9-11(2)3/h6-8,11H,5,9-10H2,1-4H3,(H2,20,22,24,27). The summed E-state index contributed by atoms with van der Waals surface area (Å²) in [6.45, 7) is 6.49. The molecule has 29 heavy (non-hydrogen) atoms. The van der Waals surface area contributed by atoms with Gasteiger partial charge < -0.3 is 10.1 Å². The van der Waals surface area contributed by atoms with Gasteiger partial charge in [0.2, 0.25) is 5.91 Å². The predicted molar refractivity (Wildman–Crippen MR) is 110 cm³/mol. The number of rotatable bonds is 7. The van der Waals surface area contributed by atoms with Gasteiger partial charge in [-0.1, -0.05) is 25.6 Å². The van der Waals surface area contributed by atoms with Crippen LogP contribution in [0, 0.1) is 5.92 Å². The average molecular weight is 420 g/mol. The maximum atomic E-state index is 13.0. The second-order valence-corrected chi connectivity index (χ2v) is 7.57. The number of nitrogens with zero attached hydrogens (tertiary/aromatic N) is 2.